The molecule has 0 saturated carbocycles. The van der Waals surface area contributed by atoms with Crippen LogP contribution in [0, 0.1) is 13.8 Å². The maximum atomic E-state index is 12.1. The van der Waals surface area contributed by atoms with Crippen molar-refractivity contribution in [2.24, 2.45) is 0 Å². The van der Waals surface area contributed by atoms with Gasteiger partial charge in [0.1, 0.15) is 11.3 Å². The summed E-state index contributed by atoms with van der Waals surface area (Å²) >= 11 is 0. The zero-order valence-electron chi connectivity index (χ0n) is 15.5. The molecule has 0 aromatic heterocycles. The van der Waals surface area contributed by atoms with Gasteiger partial charge in [0, 0.05) is 12.7 Å². The number of esters is 1. The highest BCUT2D eigenvalue weighted by molar-refractivity contribution is 5.96. The molecule has 0 atom stereocenters. The molecule has 27 heavy (non-hydrogen) atoms. The second-order valence-corrected chi connectivity index (χ2v) is 6.26. The van der Waals surface area contributed by atoms with Gasteiger partial charge >= 0.3 is 5.97 Å². The van der Waals surface area contributed by atoms with Crippen LogP contribution in [-0.2, 0) is 14.3 Å². The quantitative estimate of drug-likeness (QED) is 0.761. The number of ether oxygens (including phenoxy) is 1. The number of nitrogens with one attached hydrogen (secondary N) is 1. The van der Waals surface area contributed by atoms with E-state index in [-0.39, 0.29) is 23.8 Å². The molecule has 0 bridgehead atoms. The number of carbonyl (C=O) groups is 3. The van der Waals surface area contributed by atoms with Gasteiger partial charge in [-0.3, -0.25) is 9.59 Å². The first-order valence-electron chi connectivity index (χ1n) is 8.33. The van der Waals surface area contributed by atoms with Gasteiger partial charge in [-0.25, -0.2) is 4.79 Å². The maximum Gasteiger partial charge on any atom is 0.342 e. The Balaban J connectivity index is 1.84. The Bertz CT molecular complexity index is 846. The summed E-state index contributed by atoms with van der Waals surface area (Å²) in [4.78, 5) is 37.2. The van der Waals surface area contributed by atoms with Crippen molar-refractivity contribution in [2.75, 3.05) is 25.5 Å². The van der Waals surface area contributed by atoms with Crippen LogP contribution in [0.25, 0.3) is 0 Å². The lowest BCUT2D eigenvalue weighted by Crippen LogP contribution is -2.37. The molecule has 0 aliphatic rings. The molecule has 0 saturated heterocycles. The minimum Gasteiger partial charge on any atom is -0.507 e. The molecule has 2 rings (SSSR count). The van der Waals surface area contributed by atoms with Crippen molar-refractivity contribution in [3.8, 4) is 5.75 Å². The van der Waals surface area contributed by atoms with Gasteiger partial charge in [0.2, 0.25) is 5.91 Å². The molecule has 2 aromatic carbocycles. The van der Waals surface area contributed by atoms with Crippen LogP contribution >= 0.6 is 0 Å². The zero-order valence-corrected chi connectivity index (χ0v) is 15.5. The molecule has 0 aliphatic carbocycles. The van der Waals surface area contributed by atoms with E-state index < -0.39 is 18.5 Å². The summed E-state index contributed by atoms with van der Waals surface area (Å²) in [6, 6.07) is 11.8. The summed E-state index contributed by atoms with van der Waals surface area (Å²) in [5.41, 5.74) is 2.47. The Labute approximate surface area is 157 Å². The number of aryl methyl sites for hydroxylation is 2. The third-order valence-corrected chi connectivity index (χ3v) is 3.84. The van der Waals surface area contributed by atoms with E-state index in [4.69, 9.17) is 4.74 Å². The van der Waals surface area contributed by atoms with Gasteiger partial charge in [-0.2, -0.15) is 0 Å². The average Bonchev–Trinajstić information content (AvgIpc) is 2.63. The van der Waals surface area contributed by atoms with Gasteiger partial charge in [0.15, 0.2) is 6.61 Å². The molecule has 7 nitrogen and oxygen atoms in total. The van der Waals surface area contributed by atoms with E-state index in [2.05, 4.69) is 5.32 Å². The minimum atomic E-state index is -0.804. The minimum absolute atomic E-state index is 0.0115. The molecule has 0 unspecified atom stereocenters. The second kappa shape index (κ2) is 8.84. The molecule has 0 aliphatic heterocycles. The smallest absolute Gasteiger partial charge is 0.342 e. The largest absolute Gasteiger partial charge is 0.507 e. The summed E-state index contributed by atoms with van der Waals surface area (Å²) in [5.74, 6) is -1.92. The number of phenolic OH excluding ortho intramolecular Hbond substituents is 1. The monoisotopic (exact) mass is 370 g/mol. The van der Waals surface area contributed by atoms with Crippen molar-refractivity contribution >= 4 is 23.5 Å². The highest BCUT2D eigenvalue weighted by atomic mass is 16.5. The van der Waals surface area contributed by atoms with Crippen molar-refractivity contribution in [3.05, 3.63) is 59.2 Å². The topological polar surface area (TPSA) is 95.9 Å². The Morgan fingerprint density at radius 3 is 2.33 bits per heavy atom. The Morgan fingerprint density at radius 1 is 1.04 bits per heavy atom. The number of hydrogen-bond acceptors (Lipinski definition) is 5. The lowest BCUT2D eigenvalue weighted by atomic mass is 10.1. The van der Waals surface area contributed by atoms with Crippen LogP contribution < -0.4 is 5.32 Å². The fourth-order valence-electron chi connectivity index (χ4n) is 2.27. The third kappa shape index (κ3) is 5.85. The normalized spacial score (nSPS) is 10.2. The fourth-order valence-corrected chi connectivity index (χ4v) is 2.27. The lowest BCUT2D eigenvalue weighted by molar-refractivity contribution is -0.136. The van der Waals surface area contributed by atoms with Crippen LogP contribution in [0.5, 0.6) is 5.75 Å². The van der Waals surface area contributed by atoms with E-state index in [1.54, 1.807) is 25.1 Å². The summed E-state index contributed by atoms with van der Waals surface area (Å²) < 4.78 is 4.94. The molecule has 2 N–H and O–H groups in total. The summed E-state index contributed by atoms with van der Waals surface area (Å²) in [7, 11) is 1.44. The predicted molar refractivity (Wildman–Crippen MR) is 101 cm³/mol. The number of nitrogens with zero attached hydrogens (tertiary/aromatic N) is 1. The number of hydrogen-bond donors (Lipinski definition) is 2. The SMILES string of the molecule is Cc1ccc(NC(=O)CN(C)C(=O)COC(=O)c2cc(C)ccc2O)cc1. The standard InChI is InChI=1S/C20H22N2O5/c1-13-4-7-15(8-5-13)21-18(24)11-22(3)19(25)12-27-20(26)16-10-14(2)6-9-17(16)23/h4-10,23H,11-12H2,1-3H3,(H,21,24). The van der Waals surface area contributed by atoms with Crippen LogP contribution in [0.1, 0.15) is 21.5 Å². The van der Waals surface area contributed by atoms with Crippen molar-refractivity contribution in [1.29, 1.82) is 0 Å². The predicted octanol–water partition coefficient (Wildman–Crippen LogP) is 2.26. The van der Waals surface area contributed by atoms with Crippen LogP contribution in [0.3, 0.4) is 0 Å². The first-order chi connectivity index (χ1) is 12.8. The molecule has 0 spiro atoms. The molecule has 7 heteroatoms. The van der Waals surface area contributed by atoms with Gasteiger partial charge in [-0.15, -0.1) is 0 Å². The van der Waals surface area contributed by atoms with Crippen molar-refractivity contribution < 1.29 is 24.2 Å². The van der Waals surface area contributed by atoms with Crippen molar-refractivity contribution in [2.45, 2.75) is 13.8 Å². The second-order valence-electron chi connectivity index (χ2n) is 6.26. The Kier molecular flexibility index (Phi) is 6.54. The molecule has 0 heterocycles. The first-order valence-corrected chi connectivity index (χ1v) is 8.33. The molecule has 2 aromatic rings. The molecule has 0 fully saturated rings. The lowest BCUT2D eigenvalue weighted by Gasteiger charge is -2.17. The van der Waals surface area contributed by atoms with Crippen LogP contribution in [-0.4, -0.2) is 48.0 Å². The number of phenols is 1. The number of amides is 2. The third-order valence-electron chi connectivity index (χ3n) is 3.84. The Morgan fingerprint density at radius 2 is 1.67 bits per heavy atom. The Hall–Kier alpha value is -3.35. The average molecular weight is 370 g/mol. The van der Waals surface area contributed by atoms with E-state index in [0.29, 0.717) is 5.69 Å². The maximum absolute atomic E-state index is 12.1. The van der Waals surface area contributed by atoms with E-state index in [1.807, 2.05) is 19.1 Å². The highest BCUT2D eigenvalue weighted by Crippen LogP contribution is 2.19. The number of aromatic hydroxyl groups is 1. The van der Waals surface area contributed by atoms with Crippen molar-refractivity contribution in [1.82, 2.24) is 4.90 Å². The highest BCUT2D eigenvalue weighted by Gasteiger charge is 2.18. The fraction of sp³-hybridized carbons (Fsp3) is 0.250. The molecule has 142 valence electrons. The molecule has 2 amide bonds. The van der Waals surface area contributed by atoms with Gasteiger partial charge in [-0.1, -0.05) is 29.3 Å². The van der Waals surface area contributed by atoms with Gasteiger partial charge in [0.25, 0.3) is 5.91 Å². The number of rotatable bonds is 6. The van der Waals surface area contributed by atoms with Crippen LogP contribution in [0.15, 0.2) is 42.5 Å². The van der Waals surface area contributed by atoms with E-state index in [9.17, 15) is 19.5 Å². The van der Waals surface area contributed by atoms with E-state index in [1.165, 1.54) is 19.2 Å². The summed E-state index contributed by atoms with van der Waals surface area (Å²) in [6.45, 7) is 3.00. The molecular weight excluding hydrogens is 348 g/mol. The summed E-state index contributed by atoms with van der Waals surface area (Å²) in [6.07, 6.45) is 0. The van der Waals surface area contributed by atoms with E-state index >= 15 is 0 Å². The summed E-state index contributed by atoms with van der Waals surface area (Å²) in [5, 5.41) is 12.4. The van der Waals surface area contributed by atoms with Gasteiger partial charge in [0.05, 0.1) is 6.54 Å². The number of likely N-dealkylation sites (N-methyl/N-ethyl adjacent to an activating group) is 1. The zero-order chi connectivity index (χ0) is 20.0. The van der Waals surface area contributed by atoms with Gasteiger partial charge < -0.3 is 20.1 Å². The first kappa shape index (κ1) is 20.0. The molecule has 0 radical (unpaired) electrons. The number of anilines is 1. The van der Waals surface area contributed by atoms with Crippen molar-refractivity contribution in [3.63, 3.8) is 0 Å². The number of carbonyl (C=O) groups excluding carboxylic acids is 3. The molecular formula is C20H22N2O5. The van der Waals surface area contributed by atoms with E-state index in [0.717, 1.165) is 16.0 Å². The van der Waals surface area contributed by atoms with Crippen LogP contribution in [0.2, 0.25) is 0 Å². The number of benzene rings is 2. The van der Waals surface area contributed by atoms with Gasteiger partial charge in [-0.05, 0) is 38.1 Å². The van der Waals surface area contributed by atoms with Crippen LogP contribution in [0.4, 0.5) is 5.69 Å².